The molecule has 192 valence electrons. The SMILES string of the molecule is COC(=O)C1(c2c(C#N)nn(-c3c(Cl)cc(S(F)(F)(F)(F)F)cc3Cl)c2NC(=O)OC(C)C)CC1. The molecule has 1 fully saturated rings. The predicted molar refractivity (Wildman–Crippen MR) is 118 cm³/mol. The van der Waals surface area contributed by atoms with Gasteiger partial charge in [0.15, 0.2) is 5.69 Å². The summed E-state index contributed by atoms with van der Waals surface area (Å²) in [5.74, 6) is -1.14. The van der Waals surface area contributed by atoms with Crippen LogP contribution in [0.5, 0.6) is 0 Å². The monoisotopic (exact) mass is 562 g/mol. The van der Waals surface area contributed by atoms with E-state index in [9.17, 15) is 34.3 Å². The van der Waals surface area contributed by atoms with Gasteiger partial charge in [-0.05, 0) is 38.8 Å². The second kappa shape index (κ2) is 7.87. The number of hydrogen-bond acceptors (Lipinski definition) is 6. The molecule has 1 N–H and O–H groups in total. The first-order valence-electron chi connectivity index (χ1n) is 9.67. The second-order valence-electron chi connectivity index (χ2n) is 7.95. The molecule has 0 saturated heterocycles. The van der Waals surface area contributed by atoms with Crippen molar-refractivity contribution in [2.75, 3.05) is 12.4 Å². The van der Waals surface area contributed by atoms with Crippen molar-refractivity contribution >= 4 is 51.3 Å². The second-order valence-corrected chi connectivity index (χ2v) is 11.2. The highest BCUT2D eigenvalue weighted by Gasteiger charge is 2.66. The molecule has 1 aromatic carbocycles. The van der Waals surface area contributed by atoms with E-state index in [1.165, 1.54) is 13.8 Å². The topological polar surface area (TPSA) is 106 Å². The van der Waals surface area contributed by atoms with Crippen LogP contribution in [0, 0.1) is 11.3 Å². The molecule has 1 amide bonds. The zero-order valence-electron chi connectivity index (χ0n) is 18.2. The molecule has 0 radical (unpaired) electrons. The number of hydrogen-bond donors (Lipinski definition) is 1. The molecule has 8 nitrogen and oxygen atoms in total. The fourth-order valence-electron chi connectivity index (χ4n) is 3.41. The van der Waals surface area contributed by atoms with E-state index in [2.05, 4.69) is 10.4 Å². The lowest BCUT2D eigenvalue weighted by Gasteiger charge is -2.40. The van der Waals surface area contributed by atoms with E-state index < -0.39 is 60.1 Å². The number of benzene rings is 1. The lowest BCUT2D eigenvalue weighted by Crippen LogP contribution is -2.26. The third-order valence-corrected chi connectivity index (χ3v) is 6.71. The van der Waals surface area contributed by atoms with E-state index in [-0.39, 0.29) is 36.4 Å². The van der Waals surface area contributed by atoms with Gasteiger partial charge in [0, 0.05) is 0 Å². The molecule has 0 unspecified atom stereocenters. The Bertz CT molecular complexity index is 1270. The van der Waals surface area contributed by atoms with E-state index in [1.807, 2.05) is 0 Å². The molecule has 0 spiro atoms. The van der Waals surface area contributed by atoms with E-state index >= 15 is 0 Å². The number of halogens is 7. The Labute approximate surface area is 205 Å². The van der Waals surface area contributed by atoms with Crippen LogP contribution < -0.4 is 5.32 Å². The van der Waals surface area contributed by atoms with Crippen molar-refractivity contribution in [3.63, 3.8) is 0 Å². The molecule has 0 aliphatic heterocycles. The summed E-state index contributed by atoms with van der Waals surface area (Å²) in [6, 6.07) is 1.66. The van der Waals surface area contributed by atoms with Gasteiger partial charge in [-0.25, -0.2) is 9.48 Å². The Balaban J connectivity index is 2.32. The molecule has 0 atom stereocenters. The molecule has 1 saturated carbocycles. The van der Waals surface area contributed by atoms with Crippen molar-refractivity contribution in [2.45, 2.75) is 43.1 Å². The van der Waals surface area contributed by atoms with Crippen molar-refractivity contribution in [1.82, 2.24) is 9.78 Å². The maximum Gasteiger partial charge on any atom is 0.413 e. The Morgan fingerprint density at radius 2 is 1.74 bits per heavy atom. The van der Waals surface area contributed by atoms with Crippen molar-refractivity contribution in [1.29, 1.82) is 5.26 Å². The van der Waals surface area contributed by atoms with E-state index in [4.69, 9.17) is 32.7 Å². The van der Waals surface area contributed by atoms with Gasteiger partial charge in [-0.3, -0.25) is 10.1 Å². The van der Waals surface area contributed by atoms with Gasteiger partial charge < -0.3 is 9.47 Å². The van der Waals surface area contributed by atoms with Crippen LogP contribution in [0.2, 0.25) is 10.0 Å². The third kappa shape index (κ3) is 5.12. The molecule has 3 rings (SSSR count). The Hall–Kier alpha value is -2.76. The molecule has 1 aliphatic rings. The van der Waals surface area contributed by atoms with Crippen molar-refractivity contribution in [2.24, 2.45) is 0 Å². The Kier molecular flexibility index (Phi) is 6.04. The molecule has 1 aliphatic carbocycles. The number of aromatic nitrogens is 2. The van der Waals surface area contributed by atoms with Crippen LogP contribution in [0.25, 0.3) is 5.69 Å². The smallest absolute Gasteiger partial charge is 0.413 e. The fraction of sp³-hybridized carbons (Fsp3) is 0.368. The standard InChI is InChI=1S/C19H17Cl2F5N4O4S/c1-9(2)34-18(32)28-16-14(19(4-5-19)17(31)33-3)13(8-27)29-30(16)15-11(20)6-10(7-12(15)21)35(22,23,24,25)26/h6-7,9H,4-5H2,1-3H3,(H,28,32). The quantitative estimate of drug-likeness (QED) is 0.304. The number of ether oxygens (including phenoxy) is 2. The number of methoxy groups -OCH3 is 1. The van der Waals surface area contributed by atoms with Gasteiger partial charge in [0.1, 0.15) is 22.5 Å². The van der Waals surface area contributed by atoms with Crippen LogP contribution in [0.4, 0.5) is 30.0 Å². The third-order valence-electron chi connectivity index (χ3n) is 5.01. The first-order valence-corrected chi connectivity index (χ1v) is 12.4. The number of carbonyl (C=O) groups is 2. The van der Waals surface area contributed by atoms with Crippen LogP contribution in [-0.4, -0.2) is 35.1 Å². The highest BCUT2D eigenvalue weighted by Crippen LogP contribution is 3.02. The average Bonchev–Trinajstić information content (AvgIpc) is 3.42. The van der Waals surface area contributed by atoms with E-state index in [0.29, 0.717) is 4.68 Å². The minimum absolute atomic E-state index is 0.0405. The summed E-state index contributed by atoms with van der Waals surface area (Å²) in [5, 5.41) is 14.1. The number of rotatable bonds is 6. The number of nitriles is 1. The van der Waals surface area contributed by atoms with Gasteiger partial charge in [0.25, 0.3) is 0 Å². The number of nitrogens with one attached hydrogen (secondary N) is 1. The molecule has 35 heavy (non-hydrogen) atoms. The molecular formula is C19H17Cl2F5N4O4S. The largest absolute Gasteiger partial charge is 0.468 e. The normalized spacial score (nSPS) is 16.6. The Morgan fingerprint density at radius 3 is 2.14 bits per heavy atom. The maximum atomic E-state index is 13.3. The lowest BCUT2D eigenvalue weighted by molar-refractivity contribution is -0.143. The fourth-order valence-corrected chi connectivity index (χ4v) is 4.87. The van der Waals surface area contributed by atoms with Crippen LogP contribution in [0.1, 0.15) is 37.9 Å². The molecule has 1 heterocycles. The van der Waals surface area contributed by atoms with Gasteiger partial charge in [-0.15, -0.1) is 0 Å². The average molecular weight is 563 g/mol. The molecule has 16 heteroatoms. The summed E-state index contributed by atoms with van der Waals surface area (Å²) in [6.45, 7) is 3.06. The van der Waals surface area contributed by atoms with Crippen molar-refractivity contribution in [3.05, 3.63) is 33.4 Å². The summed E-state index contributed by atoms with van der Waals surface area (Å²) in [6.07, 6.45) is -1.29. The van der Waals surface area contributed by atoms with Gasteiger partial charge in [-0.2, -0.15) is 10.4 Å². The highest BCUT2D eigenvalue weighted by molar-refractivity contribution is 8.45. The van der Waals surface area contributed by atoms with Gasteiger partial charge in [-0.1, -0.05) is 42.6 Å². The van der Waals surface area contributed by atoms with Crippen molar-refractivity contribution in [3.8, 4) is 11.8 Å². The van der Waals surface area contributed by atoms with Crippen LogP contribution in [-0.2, 0) is 19.7 Å². The summed E-state index contributed by atoms with van der Waals surface area (Å²) in [5.41, 5.74) is -2.48. The van der Waals surface area contributed by atoms with E-state index in [0.717, 1.165) is 7.11 Å². The highest BCUT2D eigenvalue weighted by atomic mass is 35.5. The summed E-state index contributed by atoms with van der Waals surface area (Å²) >= 11 is 11.9. The molecule has 2 aromatic rings. The number of carbonyl (C=O) groups excluding carboxylic acids is 2. The van der Waals surface area contributed by atoms with Crippen LogP contribution in [0.15, 0.2) is 17.0 Å². The lowest BCUT2D eigenvalue weighted by atomic mass is 9.95. The predicted octanol–water partition coefficient (Wildman–Crippen LogP) is 6.87. The molecule has 0 bridgehead atoms. The van der Waals surface area contributed by atoms with Gasteiger partial charge in [0.05, 0.1) is 34.2 Å². The zero-order valence-corrected chi connectivity index (χ0v) is 20.5. The first kappa shape index (κ1) is 26.8. The summed E-state index contributed by atoms with van der Waals surface area (Å²) in [4.78, 5) is 22.6. The van der Waals surface area contributed by atoms with Crippen molar-refractivity contribution < 1.29 is 38.5 Å². The minimum atomic E-state index is -10.2. The first-order chi connectivity index (χ1) is 15.8. The zero-order chi connectivity index (χ0) is 26.6. The molecular weight excluding hydrogens is 546 g/mol. The molecule has 1 aromatic heterocycles. The van der Waals surface area contributed by atoms with Crippen LogP contribution >= 0.6 is 33.4 Å². The minimum Gasteiger partial charge on any atom is -0.468 e. The summed E-state index contributed by atoms with van der Waals surface area (Å²) in [7, 11) is -9.05. The maximum absolute atomic E-state index is 13.3. The van der Waals surface area contributed by atoms with Crippen LogP contribution in [0.3, 0.4) is 0 Å². The Morgan fingerprint density at radius 1 is 1.20 bits per heavy atom. The summed E-state index contributed by atoms with van der Waals surface area (Å²) < 4.78 is 77.1. The van der Waals surface area contributed by atoms with Gasteiger partial charge in [0.2, 0.25) is 0 Å². The van der Waals surface area contributed by atoms with E-state index in [1.54, 1.807) is 6.07 Å². The number of amides is 1. The van der Waals surface area contributed by atoms with Gasteiger partial charge >= 0.3 is 22.3 Å². The number of esters is 1. The number of nitrogens with zero attached hydrogens (tertiary/aromatic N) is 3. The number of anilines is 1.